The third kappa shape index (κ3) is 3.09. The molecule has 144 valence electrons. The number of alkyl halides is 3. The first-order valence-corrected chi connectivity index (χ1v) is 11.1. The highest BCUT2D eigenvalue weighted by Gasteiger charge is 2.46. The van der Waals surface area contributed by atoms with E-state index in [4.69, 9.17) is 0 Å². The largest absolute Gasteiger partial charge is 0.435 e. The molecule has 2 aliphatic heterocycles. The second-order valence-electron chi connectivity index (χ2n) is 8.85. The first-order chi connectivity index (χ1) is 12.4. The Hall–Kier alpha value is -0.690. The third-order valence-corrected chi connectivity index (χ3v) is 8.50. The summed E-state index contributed by atoms with van der Waals surface area (Å²) in [6.07, 6.45) is 3.16. The lowest BCUT2D eigenvalue weighted by Gasteiger charge is -2.40. The van der Waals surface area contributed by atoms with Crippen LogP contribution in [0, 0.1) is 5.41 Å². The van der Waals surface area contributed by atoms with Gasteiger partial charge in [-0.25, -0.2) is 0 Å². The summed E-state index contributed by atoms with van der Waals surface area (Å²) in [6, 6.07) is 2.17. The van der Waals surface area contributed by atoms with Crippen LogP contribution in [0.2, 0.25) is 0 Å². The standard InChI is InChI=1S/C19H26F3N3S/c20-19(21,22)17-9-16(25(23-17)15-5-6-15)13-1-3-14(4-2-13)24-8-7-18(10-24)11-26-12-18/h9,13-15H,1-8,10-12H2. The van der Waals surface area contributed by atoms with Crippen molar-refractivity contribution in [2.24, 2.45) is 5.41 Å². The summed E-state index contributed by atoms with van der Waals surface area (Å²) in [4.78, 5) is 2.68. The van der Waals surface area contributed by atoms with Gasteiger partial charge in [-0.05, 0) is 57.6 Å². The number of thioether (sulfide) groups is 1. The highest BCUT2D eigenvalue weighted by atomic mass is 32.2. The number of hydrogen-bond donors (Lipinski definition) is 0. The highest BCUT2D eigenvalue weighted by molar-refractivity contribution is 8.00. The van der Waals surface area contributed by atoms with Crippen molar-refractivity contribution < 1.29 is 13.2 Å². The van der Waals surface area contributed by atoms with E-state index in [1.807, 2.05) is 0 Å². The average molecular weight is 385 g/mol. The Bertz CT molecular complexity index is 670. The van der Waals surface area contributed by atoms with Crippen molar-refractivity contribution in [1.82, 2.24) is 14.7 Å². The van der Waals surface area contributed by atoms with Crippen molar-refractivity contribution in [2.45, 2.75) is 69.1 Å². The van der Waals surface area contributed by atoms with Crippen molar-refractivity contribution in [1.29, 1.82) is 0 Å². The molecule has 4 aliphatic rings. The van der Waals surface area contributed by atoms with E-state index < -0.39 is 11.9 Å². The lowest BCUT2D eigenvalue weighted by molar-refractivity contribution is -0.141. The lowest BCUT2D eigenvalue weighted by atomic mass is 9.83. The Morgan fingerprint density at radius 1 is 1.04 bits per heavy atom. The number of rotatable bonds is 3. The molecule has 0 amide bonds. The number of likely N-dealkylation sites (tertiary alicyclic amines) is 1. The minimum atomic E-state index is -4.34. The van der Waals surface area contributed by atoms with Gasteiger partial charge in [-0.2, -0.15) is 30.0 Å². The van der Waals surface area contributed by atoms with Crippen LogP contribution >= 0.6 is 11.8 Å². The SMILES string of the molecule is FC(F)(F)c1cc(C2CCC(N3CCC4(CSC4)C3)CC2)n(C2CC2)n1. The molecule has 1 spiro atoms. The molecule has 1 aromatic rings. The van der Waals surface area contributed by atoms with E-state index in [9.17, 15) is 13.2 Å². The van der Waals surface area contributed by atoms with Crippen molar-refractivity contribution in [3.8, 4) is 0 Å². The summed E-state index contributed by atoms with van der Waals surface area (Å²) >= 11 is 2.07. The van der Waals surface area contributed by atoms with Gasteiger partial charge >= 0.3 is 6.18 Å². The summed E-state index contributed by atoms with van der Waals surface area (Å²) in [5, 5.41) is 3.93. The maximum absolute atomic E-state index is 13.1. The number of nitrogens with zero attached hydrogens (tertiary/aromatic N) is 3. The molecule has 4 fully saturated rings. The van der Waals surface area contributed by atoms with Gasteiger partial charge < -0.3 is 0 Å². The first kappa shape index (κ1) is 17.4. The molecule has 5 rings (SSSR count). The monoisotopic (exact) mass is 385 g/mol. The minimum Gasteiger partial charge on any atom is -0.300 e. The molecule has 0 unspecified atom stereocenters. The van der Waals surface area contributed by atoms with E-state index in [0.29, 0.717) is 11.5 Å². The van der Waals surface area contributed by atoms with Gasteiger partial charge in [-0.15, -0.1) is 0 Å². The van der Waals surface area contributed by atoms with Gasteiger partial charge in [-0.1, -0.05) is 0 Å². The van der Waals surface area contributed by atoms with Crippen molar-refractivity contribution in [2.75, 3.05) is 24.6 Å². The van der Waals surface area contributed by atoms with Gasteiger partial charge in [0.15, 0.2) is 5.69 Å². The molecule has 26 heavy (non-hydrogen) atoms. The van der Waals surface area contributed by atoms with Gasteiger partial charge in [-0.3, -0.25) is 9.58 Å². The summed E-state index contributed by atoms with van der Waals surface area (Å²) in [6.45, 7) is 2.46. The van der Waals surface area contributed by atoms with Crippen LogP contribution in [0.3, 0.4) is 0 Å². The van der Waals surface area contributed by atoms with Crippen LogP contribution in [0.5, 0.6) is 0 Å². The topological polar surface area (TPSA) is 21.1 Å². The van der Waals surface area contributed by atoms with Crippen LogP contribution in [-0.4, -0.2) is 45.3 Å². The van der Waals surface area contributed by atoms with E-state index in [1.165, 1.54) is 37.1 Å². The molecular formula is C19H26F3N3S. The Morgan fingerprint density at radius 3 is 2.27 bits per heavy atom. The molecule has 2 saturated carbocycles. The molecule has 1 aromatic heterocycles. The zero-order valence-electron chi connectivity index (χ0n) is 15.0. The zero-order chi connectivity index (χ0) is 17.9. The Labute approximate surface area is 156 Å². The van der Waals surface area contributed by atoms with Crippen LogP contribution in [0.15, 0.2) is 6.07 Å². The van der Waals surface area contributed by atoms with Crippen LogP contribution in [0.25, 0.3) is 0 Å². The quantitative estimate of drug-likeness (QED) is 0.752. The molecule has 0 N–H and O–H groups in total. The van der Waals surface area contributed by atoms with Gasteiger partial charge in [0.05, 0.1) is 6.04 Å². The summed E-state index contributed by atoms with van der Waals surface area (Å²) < 4.78 is 41.1. The van der Waals surface area contributed by atoms with Crippen molar-refractivity contribution >= 4 is 11.8 Å². The van der Waals surface area contributed by atoms with E-state index >= 15 is 0 Å². The van der Waals surface area contributed by atoms with E-state index in [-0.39, 0.29) is 12.0 Å². The molecule has 2 aliphatic carbocycles. The van der Waals surface area contributed by atoms with E-state index in [0.717, 1.165) is 44.2 Å². The second kappa shape index (κ2) is 6.16. The highest BCUT2D eigenvalue weighted by Crippen LogP contribution is 2.48. The molecule has 0 aromatic carbocycles. The normalized spacial score (nSPS) is 32.1. The van der Waals surface area contributed by atoms with E-state index in [1.54, 1.807) is 4.68 Å². The summed E-state index contributed by atoms with van der Waals surface area (Å²) in [5.74, 6) is 2.88. The fraction of sp³-hybridized carbons (Fsp3) is 0.842. The molecule has 3 heterocycles. The van der Waals surface area contributed by atoms with E-state index in [2.05, 4.69) is 21.8 Å². The zero-order valence-corrected chi connectivity index (χ0v) is 15.8. The number of hydrogen-bond acceptors (Lipinski definition) is 3. The van der Waals surface area contributed by atoms with Gasteiger partial charge in [0.1, 0.15) is 0 Å². The van der Waals surface area contributed by atoms with Crippen LogP contribution in [0.1, 0.15) is 68.3 Å². The molecule has 0 atom stereocenters. The summed E-state index contributed by atoms with van der Waals surface area (Å²) in [5.41, 5.74) is 0.727. The molecule has 3 nitrogen and oxygen atoms in total. The fourth-order valence-electron chi connectivity index (χ4n) is 5.11. The Balaban J connectivity index is 1.26. The van der Waals surface area contributed by atoms with Crippen LogP contribution in [-0.2, 0) is 6.18 Å². The molecular weight excluding hydrogens is 359 g/mol. The number of aromatic nitrogens is 2. The fourth-order valence-corrected chi connectivity index (χ4v) is 6.36. The van der Waals surface area contributed by atoms with Crippen molar-refractivity contribution in [3.05, 3.63) is 17.5 Å². The lowest BCUT2D eigenvalue weighted by Crippen LogP contribution is -2.42. The first-order valence-electron chi connectivity index (χ1n) is 9.92. The smallest absolute Gasteiger partial charge is 0.300 e. The van der Waals surface area contributed by atoms with Crippen LogP contribution in [0.4, 0.5) is 13.2 Å². The Morgan fingerprint density at radius 2 is 1.73 bits per heavy atom. The predicted octanol–water partition coefficient (Wildman–Crippen LogP) is 4.70. The van der Waals surface area contributed by atoms with Gasteiger partial charge in [0.2, 0.25) is 0 Å². The maximum Gasteiger partial charge on any atom is 0.435 e. The summed E-state index contributed by atoms with van der Waals surface area (Å²) in [7, 11) is 0. The Kier molecular flexibility index (Phi) is 4.12. The molecule has 2 saturated heterocycles. The average Bonchev–Trinajstić information content (AvgIpc) is 3.15. The molecule has 0 bridgehead atoms. The van der Waals surface area contributed by atoms with Crippen LogP contribution < -0.4 is 0 Å². The third-order valence-electron chi connectivity index (χ3n) is 6.86. The minimum absolute atomic E-state index is 0.202. The predicted molar refractivity (Wildman–Crippen MR) is 96.4 cm³/mol. The molecule has 0 radical (unpaired) electrons. The molecule has 7 heteroatoms. The number of halogens is 3. The maximum atomic E-state index is 13.1. The second-order valence-corrected chi connectivity index (χ2v) is 9.83. The van der Waals surface area contributed by atoms with Gasteiger partial charge in [0, 0.05) is 41.1 Å². The van der Waals surface area contributed by atoms with Gasteiger partial charge in [0.25, 0.3) is 0 Å². The van der Waals surface area contributed by atoms with Crippen molar-refractivity contribution in [3.63, 3.8) is 0 Å².